The highest BCUT2D eigenvalue weighted by atomic mass is 16.3. The van der Waals surface area contributed by atoms with Crippen LogP contribution in [0, 0.1) is 0 Å². The maximum absolute atomic E-state index is 12.3. The van der Waals surface area contributed by atoms with Gasteiger partial charge >= 0.3 is 0 Å². The number of aromatic nitrogens is 2. The zero-order valence-corrected chi connectivity index (χ0v) is 10.9. The van der Waals surface area contributed by atoms with E-state index in [-0.39, 0.29) is 18.6 Å². The largest absolute Gasteiger partial charge is 0.396 e. The molecule has 0 aromatic carbocycles. The average Bonchev–Trinajstić information content (AvgIpc) is 3.04. The van der Waals surface area contributed by atoms with E-state index in [4.69, 9.17) is 5.11 Å². The first kappa shape index (κ1) is 13.1. The quantitative estimate of drug-likeness (QED) is 0.830. The summed E-state index contributed by atoms with van der Waals surface area (Å²) in [6.07, 6.45) is 6.18. The van der Waals surface area contributed by atoms with Crippen LogP contribution >= 0.6 is 0 Å². The van der Waals surface area contributed by atoms with E-state index in [0.29, 0.717) is 5.69 Å². The van der Waals surface area contributed by atoms with Gasteiger partial charge in [-0.25, -0.2) is 4.98 Å². The minimum Gasteiger partial charge on any atom is -0.396 e. The third-order valence-electron chi connectivity index (χ3n) is 3.53. The maximum Gasteiger partial charge on any atom is 0.272 e. The van der Waals surface area contributed by atoms with Gasteiger partial charge in [0.2, 0.25) is 0 Å². The fourth-order valence-corrected chi connectivity index (χ4v) is 2.54. The molecule has 0 aliphatic carbocycles. The van der Waals surface area contributed by atoms with Crippen LogP contribution in [0.2, 0.25) is 0 Å². The molecule has 5 nitrogen and oxygen atoms in total. The summed E-state index contributed by atoms with van der Waals surface area (Å²) in [6.45, 7) is 3.02. The summed E-state index contributed by atoms with van der Waals surface area (Å²) in [5.74, 6) is 0.895. The van der Waals surface area contributed by atoms with Crippen molar-refractivity contribution in [1.29, 1.82) is 0 Å². The van der Waals surface area contributed by atoms with Gasteiger partial charge in [0, 0.05) is 25.6 Å². The number of likely N-dealkylation sites (tertiary alicyclic amines) is 1. The second-order valence-corrected chi connectivity index (χ2v) is 4.76. The van der Waals surface area contributed by atoms with Gasteiger partial charge in [0.25, 0.3) is 5.91 Å². The van der Waals surface area contributed by atoms with Crippen molar-refractivity contribution in [3.63, 3.8) is 0 Å². The highest BCUT2D eigenvalue weighted by molar-refractivity contribution is 5.92. The molecule has 1 fully saturated rings. The molecular weight excluding hydrogens is 230 g/mol. The van der Waals surface area contributed by atoms with Gasteiger partial charge in [-0.15, -0.1) is 0 Å². The van der Waals surface area contributed by atoms with E-state index in [9.17, 15) is 4.79 Å². The number of aromatic amines is 1. The Hall–Kier alpha value is -1.36. The summed E-state index contributed by atoms with van der Waals surface area (Å²) in [7, 11) is 0. The Morgan fingerprint density at radius 2 is 2.50 bits per heavy atom. The van der Waals surface area contributed by atoms with Crippen LogP contribution in [0.15, 0.2) is 6.20 Å². The maximum atomic E-state index is 12.3. The Bertz CT molecular complexity index is 403. The van der Waals surface area contributed by atoms with E-state index >= 15 is 0 Å². The third kappa shape index (κ3) is 2.72. The molecule has 5 heteroatoms. The van der Waals surface area contributed by atoms with Crippen LogP contribution < -0.4 is 0 Å². The molecule has 0 radical (unpaired) electrons. The first-order valence-electron chi connectivity index (χ1n) is 6.72. The molecule has 0 spiro atoms. The van der Waals surface area contributed by atoms with E-state index in [1.807, 2.05) is 11.8 Å². The van der Waals surface area contributed by atoms with E-state index in [2.05, 4.69) is 9.97 Å². The molecule has 2 N–H and O–H groups in total. The van der Waals surface area contributed by atoms with Gasteiger partial charge in [-0.2, -0.15) is 0 Å². The standard InChI is InChI=1S/C13H21N3O2/c1-2-12-14-9-11(15-12)13(18)16-7-3-5-10(16)6-4-8-17/h9-10,17H,2-8H2,1H3,(H,14,15). The normalized spacial score (nSPS) is 19.4. The van der Waals surface area contributed by atoms with Crippen molar-refractivity contribution in [3.05, 3.63) is 17.7 Å². The monoisotopic (exact) mass is 251 g/mol. The number of hydrogen-bond acceptors (Lipinski definition) is 3. The van der Waals surface area contributed by atoms with Crippen LogP contribution in [-0.4, -0.2) is 45.1 Å². The number of rotatable bonds is 5. The van der Waals surface area contributed by atoms with Crippen LogP contribution in [0.3, 0.4) is 0 Å². The summed E-state index contributed by atoms with van der Waals surface area (Å²) in [6, 6.07) is 0.276. The first-order chi connectivity index (χ1) is 8.76. The topological polar surface area (TPSA) is 69.2 Å². The number of aliphatic hydroxyl groups excluding tert-OH is 1. The Balaban J connectivity index is 2.02. The summed E-state index contributed by atoms with van der Waals surface area (Å²) in [5, 5.41) is 8.88. The summed E-state index contributed by atoms with van der Waals surface area (Å²) in [5.41, 5.74) is 0.586. The first-order valence-corrected chi connectivity index (χ1v) is 6.72. The number of nitrogens with one attached hydrogen (secondary N) is 1. The minimum absolute atomic E-state index is 0.0441. The molecule has 2 rings (SSSR count). The Kier molecular flexibility index (Phi) is 4.36. The molecule has 1 unspecified atom stereocenters. The number of hydrogen-bond donors (Lipinski definition) is 2. The lowest BCUT2D eigenvalue weighted by Gasteiger charge is -2.23. The van der Waals surface area contributed by atoms with E-state index < -0.39 is 0 Å². The Morgan fingerprint density at radius 3 is 3.17 bits per heavy atom. The number of H-pyrrole nitrogens is 1. The highest BCUT2D eigenvalue weighted by Crippen LogP contribution is 2.23. The number of carbonyl (C=O) groups excluding carboxylic acids is 1. The van der Waals surface area contributed by atoms with Crippen LogP contribution in [0.5, 0.6) is 0 Å². The van der Waals surface area contributed by atoms with Gasteiger partial charge in [-0.3, -0.25) is 4.79 Å². The molecule has 1 aromatic heterocycles. The smallest absolute Gasteiger partial charge is 0.272 e. The number of nitrogens with zero attached hydrogens (tertiary/aromatic N) is 2. The van der Waals surface area contributed by atoms with Crippen LogP contribution in [0.25, 0.3) is 0 Å². The zero-order valence-electron chi connectivity index (χ0n) is 10.9. The molecule has 1 aromatic rings. The summed E-state index contributed by atoms with van der Waals surface area (Å²) >= 11 is 0. The van der Waals surface area contributed by atoms with Crippen LogP contribution in [0.1, 0.15) is 48.9 Å². The number of aliphatic hydroxyl groups is 1. The van der Waals surface area contributed by atoms with Gasteiger partial charge in [-0.05, 0) is 25.7 Å². The fourth-order valence-electron chi connectivity index (χ4n) is 2.54. The third-order valence-corrected chi connectivity index (χ3v) is 3.53. The summed E-state index contributed by atoms with van der Waals surface area (Å²) in [4.78, 5) is 21.5. The van der Waals surface area contributed by atoms with E-state index in [1.54, 1.807) is 6.20 Å². The molecule has 1 atom stereocenters. The number of amides is 1. The predicted molar refractivity (Wildman–Crippen MR) is 68.3 cm³/mol. The van der Waals surface area contributed by atoms with Crippen LogP contribution in [0.4, 0.5) is 0 Å². The lowest BCUT2D eigenvalue weighted by atomic mass is 10.1. The SMILES string of the molecule is CCc1ncc(C(=O)N2CCCC2CCCO)[nH]1. The molecule has 1 aliphatic rings. The number of aryl methyl sites for hydroxylation is 1. The summed E-state index contributed by atoms with van der Waals surface area (Å²) < 4.78 is 0. The van der Waals surface area contributed by atoms with E-state index in [1.165, 1.54) is 0 Å². The fraction of sp³-hybridized carbons (Fsp3) is 0.692. The molecular formula is C13H21N3O2. The molecule has 1 amide bonds. The van der Waals surface area contributed by atoms with Gasteiger partial charge in [0.05, 0.1) is 6.20 Å². The Labute approximate surface area is 107 Å². The van der Waals surface area contributed by atoms with Crippen molar-refractivity contribution in [2.45, 2.75) is 45.1 Å². The molecule has 2 heterocycles. The minimum atomic E-state index is 0.0441. The average molecular weight is 251 g/mol. The number of imidazole rings is 1. The van der Waals surface area contributed by atoms with Crippen molar-refractivity contribution >= 4 is 5.91 Å². The number of carbonyl (C=O) groups is 1. The Morgan fingerprint density at radius 1 is 1.67 bits per heavy atom. The van der Waals surface area contributed by atoms with Gasteiger partial charge in [0.15, 0.2) is 0 Å². The molecule has 1 aliphatic heterocycles. The van der Waals surface area contributed by atoms with E-state index in [0.717, 1.165) is 44.5 Å². The predicted octanol–water partition coefficient (Wildman–Crippen LogP) is 1.35. The van der Waals surface area contributed by atoms with Crippen LogP contribution in [-0.2, 0) is 6.42 Å². The second kappa shape index (κ2) is 6.00. The van der Waals surface area contributed by atoms with Crippen molar-refractivity contribution in [3.8, 4) is 0 Å². The van der Waals surface area contributed by atoms with Gasteiger partial charge in [0.1, 0.15) is 11.5 Å². The van der Waals surface area contributed by atoms with Gasteiger partial charge in [-0.1, -0.05) is 6.92 Å². The second-order valence-electron chi connectivity index (χ2n) is 4.76. The molecule has 0 saturated carbocycles. The lowest BCUT2D eigenvalue weighted by Crippen LogP contribution is -2.35. The van der Waals surface area contributed by atoms with Crippen molar-refractivity contribution in [2.75, 3.05) is 13.2 Å². The molecule has 100 valence electrons. The molecule has 18 heavy (non-hydrogen) atoms. The molecule has 1 saturated heterocycles. The van der Waals surface area contributed by atoms with Gasteiger partial charge < -0.3 is 15.0 Å². The van der Waals surface area contributed by atoms with Crippen molar-refractivity contribution in [1.82, 2.24) is 14.9 Å². The molecule has 0 bridgehead atoms. The van der Waals surface area contributed by atoms with Crippen molar-refractivity contribution < 1.29 is 9.90 Å². The zero-order chi connectivity index (χ0) is 13.0. The van der Waals surface area contributed by atoms with Crippen molar-refractivity contribution in [2.24, 2.45) is 0 Å². The lowest BCUT2D eigenvalue weighted by molar-refractivity contribution is 0.0719. The highest BCUT2D eigenvalue weighted by Gasteiger charge is 2.29.